The van der Waals surface area contributed by atoms with E-state index < -0.39 is 4.92 Å². The number of nitro groups is 1. The van der Waals surface area contributed by atoms with Crippen LogP contribution >= 0.6 is 0 Å². The van der Waals surface area contributed by atoms with Gasteiger partial charge in [-0.05, 0) is 24.0 Å². The first-order chi connectivity index (χ1) is 11.2. The molecule has 0 amide bonds. The summed E-state index contributed by atoms with van der Waals surface area (Å²) in [6.07, 6.45) is 4.19. The number of nitro benzene ring substituents is 1. The van der Waals surface area contributed by atoms with Gasteiger partial charge in [0.05, 0.1) is 4.92 Å². The lowest BCUT2D eigenvalue weighted by molar-refractivity contribution is -0.384. The van der Waals surface area contributed by atoms with Crippen LogP contribution in [0.25, 0.3) is 0 Å². The van der Waals surface area contributed by atoms with Gasteiger partial charge in [-0.25, -0.2) is 4.98 Å². The summed E-state index contributed by atoms with van der Waals surface area (Å²) in [7, 11) is 3.58. The molecule has 1 aromatic heterocycles. The largest absolute Gasteiger partial charge is 0.366 e. The second-order valence-electron chi connectivity index (χ2n) is 6.97. The molecule has 24 heavy (non-hydrogen) atoms. The molecule has 7 nitrogen and oxygen atoms in total. The fourth-order valence-corrected chi connectivity index (χ4v) is 3.09. The third-order valence-electron chi connectivity index (χ3n) is 4.77. The van der Waals surface area contributed by atoms with E-state index in [1.54, 1.807) is 29.9 Å². The molecule has 1 aliphatic carbocycles. The van der Waals surface area contributed by atoms with Crippen LogP contribution in [0, 0.1) is 15.5 Å². The van der Waals surface area contributed by atoms with Gasteiger partial charge in [-0.2, -0.15) is 0 Å². The van der Waals surface area contributed by atoms with Crippen molar-refractivity contribution in [3.8, 4) is 0 Å². The summed E-state index contributed by atoms with van der Waals surface area (Å²) in [5.74, 6) is -0.0692. The van der Waals surface area contributed by atoms with Crippen molar-refractivity contribution in [1.82, 2.24) is 9.55 Å². The monoisotopic (exact) mass is 328 g/mol. The number of benzene rings is 1. The number of carbonyl (C=O) groups is 1. The summed E-state index contributed by atoms with van der Waals surface area (Å²) in [6, 6.07) is 4.90. The summed E-state index contributed by atoms with van der Waals surface area (Å²) in [4.78, 5) is 29.5. The van der Waals surface area contributed by atoms with Crippen molar-refractivity contribution in [2.45, 2.75) is 26.3 Å². The molecule has 1 aromatic carbocycles. The molecule has 2 aromatic rings. The molecule has 0 saturated heterocycles. The molecule has 0 spiro atoms. The van der Waals surface area contributed by atoms with Crippen LogP contribution in [0.5, 0.6) is 0 Å². The van der Waals surface area contributed by atoms with E-state index in [0.717, 1.165) is 6.42 Å². The summed E-state index contributed by atoms with van der Waals surface area (Å²) < 4.78 is 1.60. The Kier molecular flexibility index (Phi) is 3.66. The van der Waals surface area contributed by atoms with Gasteiger partial charge in [0.1, 0.15) is 5.69 Å². The van der Waals surface area contributed by atoms with Crippen LogP contribution in [0.1, 0.15) is 36.5 Å². The molecule has 7 heteroatoms. The van der Waals surface area contributed by atoms with Gasteiger partial charge in [-0.3, -0.25) is 14.9 Å². The molecular weight excluding hydrogens is 308 g/mol. The quantitative estimate of drug-likeness (QED) is 0.479. The van der Waals surface area contributed by atoms with Gasteiger partial charge in [0, 0.05) is 44.2 Å². The maximum absolute atomic E-state index is 12.5. The number of rotatable bonds is 5. The minimum Gasteiger partial charge on any atom is -0.366 e. The lowest BCUT2D eigenvalue weighted by atomic mass is 10.1. The first kappa shape index (κ1) is 16.2. The van der Waals surface area contributed by atoms with E-state index in [1.165, 1.54) is 12.3 Å². The number of anilines is 1. The Labute approximate surface area is 140 Å². The average molecular weight is 328 g/mol. The number of carbonyl (C=O) groups excluding carboxylic acids is 1. The average Bonchev–Trinajstić information content (AvgIpc) is 2.96. The van der Waals surface area contributed by atoms with Crippen LogP contribution in [0.15, 0.2) is 30.6 Å². The van der Waals surface area contributed by atoms with Gasteiger partial charge in [0.2, 0.25) is 5.78 Å². The van der Waals surface area contributed by atoms with E-state index in [2.05, 4.69) is 18.8 Å². The summed E-state index contributed by atoms with van der Waals surface area (Å²) >= 11 is 0. The minimum absolute atomic E-state index is 0.0553. The number of hydrogen-bond donors (Lipinski definition) is 0. The number of ketones is 1. The maximum Gasteiger partial charge on any atom is 0.293 e. The predicted molar refractivity (Wildman–Crippen MR) is 90.3 cm³/mol. The highest BCUT2D eigenvalue weighted by molar-refractivity contribution is 6.07. The molecule has 0 radical (unpaired) electrons. The Hall–Kier alpha value is -2.70. The lowest BCUT2D eigenvalue weighted by Gasteiger charge is -2.21. The van der Waals surface area contributed by atoms with Gasteiger partial charge >= 0.3 is 0 Å². The van der Waals surface area contributed by atoms with Crippen molar-refractivity contribution < 1.29 is 9.72 Å². The zero-order chi connectivity index (χ0) is 17.6. The molecular formula is C17H20N4O3. The van der Waals surface area contributed by atoms with Gasteiger partial charge < -0.3 is 9.47 Å². The van der Waals surface area contributed by atoms with Crippen LogP contribution in [0.4, 0.5) is 11.4 Å². The summed E-state index contributed by atoms with van der Waals surface area (Å²) in [6.45, 7) is 4.28. The molecule has 0 aliphatic heterocycles. The van der Waals surface area contributed by atoms with Crippen molar-refractivity contribution in [2.24, 2.45) is 12.5 Å². The number of hydrogen-bond acceptors (Lipinski definition) is 5. The highest BCUT2D eigenvalue weighted by Gasteiger charge is 2.49. The second-order valence-corrected chi connectivity index (χ2v) is 6.97. The van der Waals surface area contributed by atoms with Gasteiger partial charge in [0.15, 0.2) is 5.82 Å². The maximum atomic E-state index is 12.5. The van der Waals surface area contributed by atoms with Crippen molar-refractivity contribution >= 4 is 17.2 Å². The van der Waals surface area contributed by atoms with Crippen LogP contribution in [0.3, 0.4) is 0 Å². The van der Waals surface area contributed by atoms with Crippen molar-refractivity contribution in [3.05, 3.63) is 52.1 Å². The first-order valence-corrected chi connectivity index (χ1v) is 7.75. The molecule has 1 aliphatic rings. The Morgan fingerprint density at radius 1 is 1.46 bits per heavy atom. The Bertz CT molecular complexity index is 825. The van der Waals surface area contributed by atoms with E-state index in [1.807, 2.05) is 11.9 Å². The van der Waals surface area contributed by atoms with Crippen LogP contribution in [-0.2, 0) is 7.05 Å². The molecule has 1 fully saturated rings. The van der Waals surface area contributed by atoms with Crippen molar-refractivity contribution in [3.63, 3.8) is 0 Å². The molecule has 126 valence electrons. The van der Waals surface area contributed by atoms with Crippen LogP contribution in [-0.4, -0.2) is 33.3 Å². The molecule has 3 rings (SSSR count). The van der Waals surface area contributed by atoms with E-state index >= 15 is 0 Å². The van der Waals surface area contributed by atoms with Crippen LogP contribution in [0.2, 0.25) is 0 Å². The zero-order valence-corrected chi connectivity index (χ0v) is 14.2. The van der Waals surface area contributed by atoms with Crippen LogP contribution < -0.4 is 4.90 Å². The number of nitrogens with zero attached hydrogens (tertiary/aromatic N) is 4. The summed E-state index contributed by atoms with van der Waals surface area (Å²) in [5.41, 5.74) is 0.903. The molecule has 1 saturated carbocycles. The highest BCUT2D eigenvalue weighted by atomic mass is 16.6. The molecule has 0 unspecified atom stereocenters. The molecule has 1 heterocycles. The fourth-order valence-electron chi connectivity index (χ4n) is 3.09. The topological polar surface area (TPSA) is 81.3 Å². The first-order valence-electron chi connectivity index (χ1n) is 7.75. The standard InChI is InChI=1S/C17H20N4O3/c1-17(2)10-14(17)20(4)12-6-5-11(9-13(12)21(23)24)15(22)16-18-7-8-19(16)3/h5-9,14H,10H2,1-4H3/t14-/m1/s1. The Balaban J connectivity index is 1.98. The van der Waals surface area contributed by atoms with Gasteiger partial charge in [-0.1, -0.05) is 13.8 Å². The van der Waals surface area contributed by atoms with E-state index in [4.69, 9.17) is 0 Å². The second kappa shape index (κ2) is 5.43. The third kappa shape index (κ3) is 2.66. The minimum atomic E-state index is -0.434. The normalized spacial score (nSPS) is 18.2. The van der Waals surface area contributed by atoms with E-state index in [0.29, 0.717) is 5.69 Å². The zero-order valence-electron chi connectivity index (χ0n) is 14.2. The van der Waals surface area contributed by atoms with E-state index in [-0.39, 0.29) is 34.3 Å². The molecule has 1 atom stereocenters. The number of aryl methyl sites for hydroxylation is 1. The smallest absolute Gasteiger partial charge is 0.293 e. The van der Waals surface area contributed by atoms with Crippen molar-refractivity contribution in [1.29, 1.82) is 0 Å². The SMILES string of the molecule is CN(c1ccc(C(=O)c2nccn2C)cc1[N+](=O)[O-])[C@@H]1CC1(C)C. The Morgan fingerprint density at radius 3 is 2.62 bits per heavy atom. The van der Waals surface area contributed by atoms with Gasteiger partial charge in [-0.15, -0.1) is 0 Å². The third-order valence-corrected chi connectivity index (χ3v) is 4.77. The predicted octanol–water partition coefficient (Wildman–Crippen LogP) is 2.79. The number of aromatic nitrogens is 2. The highest BCUT2D eigenvalue weighted by Crippen LogP contribution is 2.50. The lowest BCUT2D eigenvalue weighted by Crippen LogP contribution is -2.24. The van der Waals surface area contributed by atoms with E-state index in [9.17, 15) is 14.9 Å². The Morgan fingerprint density at radius 2 is 2.12 bits per heavy atom. The molecule has 0 bridgehead atoms. The molecule has 0 N–H and O–H groups in total. The van der Waals surface area contributed by atoms with Crippen molar-refractivity contribution in [2.75, 3.05) is 11.9 Å². The summed E-state index contributed by atoms with van der Waals surface area (Å²) in [5, 5.41) is 11.5. The van der Waals surface area contributed by atoms with Gasteiger partial charge in [0.25, 0.3) is 5.69 Å². The number of imidazole rings is 1. The fraction of sp³-hybridized carbons (Fsp3) is 0.412.